The first kappa shape index (κ1) is 14.3. The number of benzene rings is 1. The van der Waals surface area contributed by atoms with Gasteiger partial charge in [-0.1, -0.05) is 24.3 Å². The topological polar surface area (TPSA) is 46.9 Å². The largest absolute Gasteiger partial charge is 0.352 e. The first-order chi connectivity index (χ1) is 9.49. The molecule has 0 bridgehead atoms. The van der Waals surface area contributed by atoms with Crippen LogP contribution in [0.15, 0.2) is 24.3 Å². The number of amides is 1. The molecule has 0 radical (unpaired) electrons. The Kier molecular flexibility index (Phi) is 4.23. The van der Waals surface area contributed by atoms with Crippen LogP contribution in [0, 0.1) is 20.8 Å². The minimum absolute atomic E-state index is 0.0435. The standard InChI is InChI=1S/C16H21N3O/c1-11-7-5-6-8-14(11)9-16(20)17-10-15-12(2)18-19(4)13(15)3/h5-8H,9-10H2,1-4H3,(H,17,20). The van der Waals surface area contributed by atoms with Crippen LogP contribution in [0.3, 0.4) is 0 Å². The van der Waals surface area contributed by atoms with E-state index in [1.165, 1.54) is 0 Å². The van der Waals surface area contributed by atoms with Gasteiger partial charge in [0.15, 0.2) is 0 Å². The summed E-state index contributed by atoms with van der Waals surface area (Å²) < 4.78 is 1.85. The molecule has 0 aliphatic carbocycles. The van der Waals surface area contributed by atoms with Crippen molar-refractivity contribution in [3.8, 4) is 0 Å². The Hall–Kier alpha value is -2.10. The predicted molar refractivity (Wildman–Crippen MR) is 79.4 cm³/mol. The van der Waals surface area contributed by atoms with E-state index >= 15 is 0 Å². The number of nitrogens with zero attached hydrogens (tertiary/aromatic N) is 2. The number of rotatable bonds is 4. The van der Waals surface area contributed by atoms with E-state index in [0.29, 0.717) is 13.0 Å². The van der Waals surface area contributed by atoms with Gasteiger partial charge in [0.2, 0.25) is 5.91 Å². The second-order valence-electron chi connectivity index (χ2n) is 5.15. The number of aromatic nitrogens is 2. The maximum Gasteiger partial charge on any atom is 0.224 e. The Morgan fingerprint density at radius 2 is 1.95 bits per heavy atom. The molecule has 0 aliphatic heterocycles. The van der Waals surface area contributed by atoms with Gasteiger partial charge in [-0.25, -0.2) is 0 Å². The van der Waals surface area contributed by atoms with Crippen LogP contribution in [0.2, 0.25) is 0 Å². The Labute approximate surface area is 119 Å². The van der Waals surface area contributed by atoms with Gasteiger partial charge in [-0.2, -0.15) is 5.10 Å². The molecule has 0 spiro atoms. The van der Waals surface area contributed by atoms with E-state index in [0.717, 1.165) is 28.1 Å². The van der Waals surface area contributed by atoms with Gasteiger partial charge in [0, 0.05) is 24.8 Å². The van der Waals surface area contributed by atoms with Gasteiger partial charge in [0.25, 0.3) is 0 Å². The van der Waals surface area contributed by atoms with Gasteiger partial charge in [0.1, 0.15) is 0 Å². The summed E-state index contributed by atoms with van der Waals surface area (Å²) in [4.78, 5) is 12.0. The zero-order valence-electron chi connectivity index (χ0n) is 12.5. The summed E-state index contributed by atoms with van der Waals surface area (Å²) in [6.45, 7) is 6.55. The lowest BCUT2D eigenvalue weighted by Gasteiger charge is -2.08. The number of carbonyl (C=O) groups excluding carboxylic acids is 1. The van der Waals surface area contributed by atoms with Gasteiger partial charge in [-0.15, -0.1) is 0 Å². The second-order valence-corrected chi connectivity index (χ2v) is 5.15. The van der Waals surface area contributed by atoms with Crippen molar-refractivity contribution in [2.45, 2.75) is 33.7 Å². The van der Waals surface area contributed by atoms with Crippen molar-refractivity contribution in [2.24, 2.45) is 7.05 Å². The van der Waals surface area contributed by atoms with Gasteiger partial charge in [-0.05, 0) is 31.9 Å². The van der Waals surface area contributed by atoms with Crippen LogP contribution in [0.1, 0.15) is 28.1 Å². The highest BCUT2D eigenvalue weighted by molar-refractivity contribution is 5.78. The monoisotopic (exact) mass is 271 g/mol. The maximum absolute atomic E-state index is 12.0. The molecule has 4 heteroatoms. The average Bonchev–Trinajstić information content (AvgIpc) is 2.64. The van der Waals surface area contributed by atoms with Gasteiger partial charge >= 0.3 is 0 Å². The van der Waals surface area contributed by atoms with Crippen molar-refractivity contribution >= 4 is 5.91 Å². The Balaban J connectivity index is 1.98. The molecular formula is C16H21N3O. The molecule has 1 amide bonds. The summed E-state index contributed by atoms with van der Waals surface area (Å²) in [6.07, 6.45) is 0.422. The van der Waals surface area contributed by atoms with Crippen LogP contribution in [-0.4, -0.2) is 15.7 Å². The third-order valence-electron chi connectivity index (χ3n) is 3.73. The minimum atomic E-state index is 0.0435. The highest BCUT2D eigenvalue weighted by Gasteiger charge is 2.11. The molecule has 0 saturated carbocycles. The summed E-state index contributed by atoms with van der Waals surface area (Å²) >= 11 is 0. The molecule has 20 heavy (non-hydrogen) atoms. The lowest BCUT2D eigenvalue weighted by molar-refractivity contribution is -0.120. The van der Waals surface area contributed by atoms with Gasteiger partial charge < -0.3 is 5.32 Å². The number of nitrogens with one attached hydrogen (secondary N) is 1. The molecule has 0 unspecified atom stereocenters. The highest BCUT2D eigenvalue weighted by Crippen LogP contribution is 2.12. The van der Waals surface area contributed by atoms with Crippen molar-refractivity contribution in [1.29, 1.82) is 0 Å². The van der Waals surface area contributed by atoms with Crippen LogP contribution in [0.4, 0.5) is 0 Å². The summed E-state index contributed by atoms with van der Waals surface area (Å²) in [5.74, 6) is 0.0435. The van der Waals surface area contributed by atoms with Crippen molar-refractivity contribution in [3.63, 3.8) is 0 Å². The number of aryl methyl sites for hydroxylation is 3. The Bertz CT molecular complexity index is 629. The molecule has 2 aromatic rings. The van der Waals surface area contributed by atoms with Crippen LogP contribution >= 0.6 is 0 Å². The van der Waals surface area contributed by atoms with Crippen LogP contribution in [0.5, 0.6) is 0 Å². The third kappa shape index (κ3) is 3.07. The van der Waals surface area contributed by atoms with Crippen molar-refractivity contribution in [3.05, 3.63) is 52.3 Å². The maximum atomic E-state index is 12.0. The van der Waals surface area contributed by atoms with Gasteiger partial charge in [0.05, 0.1) is 12.1 Å². The van der Waals surface area contributed by atoms with Crippen molar-refractivity contribution < 1.29 is 4.79 Å². The highest BCUT2D eigenvalue weighted by atomic mass is 16.1. The van der Waals surface area contributed by atoms with Crippen LogP contribution < -0.4 is 5.32 Å². The summed E-state index contributed by atoms with van der Waals surface area (Å²) in [5, 5.41) is 7.33. The first-order valence-corrected chi connectivity index (χ1v) is 6.79. The average molecular weight is 271 g/mol. The molecule has 0 saturated heterocycles. The molecule has 1 N–H and O–H groups in total. The van der Waals surface area contributed by atoms with Crippen molar-refractivity contribution in [2.75, 3.05) is 0 Å². The van der Waals surface area contributed by atoms with E-state index in [-0.39, 0.29) is 5.91 Å². The van der Waals surface area contributed by atoms with E-state index in [4.69, 9.17) is 0 Å². The van der Waals surface area contributed by atoms with Crippen LogP contribution in [-0.2, 0) is 24.8 Å². The zero-order valence-corrected chi connectivity index (χ0v) is 12.5. The smallest absolute Gasteiger partial charge is 0.224 e. The fourth-order valence-corrected chi connectivity index (χ4v) is 2.30. The molecule has 2 rings (SSSR count). The normalized spacial score (nSPS) is 10.6. The summed E-state index contributed by atoms with van der Waals surface area (Å²) in [5.41, 5.74) is 5.39. The fourth-order valence-electron chi connectivity index (χ4n) is 2.30. The lowest BCUT2D eigenvalue weighted by Crippen LogP contribution is -2.25. The summed E-state index contributed by atoms with van der Waals surface area (Å²) in [7, 11) is 1.92. The molecule has 1 aromatic heterocycles. The second kappa shape index (κ2) is 5.90. The van der Waals surface area contributed by atoms with E-state index in [1.807, 2.05) is 56.8 Å². The molecule has 0 aliphatic rings. The molecule has 1 aromatic carbocycles. The molecular weight excluding hydrogens is 250 g/mol. The van der Waals surface area contributed by atoms with E-state index < -0.39 is 0 Å². The Morgan fingerprint density at radius 1 is 1.25 bits per heavy atom. The molecule has 1 heterocycles. The predicted octanol–water partition coefficient (Wildman–Crippen LogP) is 2.20. The molecule has 106 valence electrons. The zero-order chi connectivity index (χ0) is 14.7. The third-order valence-corrected chi connectivity index (χ3v) is 3.73. The number of hydrogen-bond acceptors (Lipinski definition) is 2. The fraction of sp³-hybridized carbons (Fsp3) is 0.375. The quantitative estimate of drug-likeness (QED) is 0.926. The Morgan fingerprint density at radius 3 is 2.55 bits per heavy atom. The molecule has 0 fully saturated rings. The van der Waals surface area contributed by atoms with E-state index in [1.54, 1.807) is 0 Å². The lowest BCUT2D eigenvalue weighted by atomic mass is 10.1. The number of carbonyl (C=O) groups is 1. The van der Waals surface area contributed by atoms with E-state index in [2.05, 4.69) is 10.4 Å². The molecule has 0 atom stereocenters. The SMILES string of the molecule is Cc1ccccc1CC(=O)NCc1c(C)nn(C)c1C. The number of hydrogen-bond donors (Lipinski definition) is 1. The van der Waals surface area contributed by atoms with E-state index in [9.17, 15) is 4.79 Å². The molecule has 4 nitrogen and oxygen atoms in total. The first-order valence-electron chi connectivity index (χ1n) is 6.79. The minimum Gasteiger partial charge on any atom is -0.352 e. The van der Waals surface area contributed by atoms with Crippen LogP contribution in [0.25, 0.3) is 0 Å². The van der Waals surface area contributed by atoms with Gasteiger partial charge in [-0.3, -0.25) is 9.48 Å². The van der Waals surface area contributed by atoms with Crippen molar-refractivity contribution in [1.82, 2.24) is 15.1 Å². The summed E-state index contributed by atoms with van der Waals surface area (Å²) in [6, 6.07) is 7.97.